The number of amides is 1. The molecule has 2 heterocycles. The van der Waals surface area contributed by atoms with Crippen LogP contribution in [0.5, 0.6) is 11.5 Å². The second kappa shape index (κ2) is 6.25. The van der Waals surface area contributed by atoms with Crippen molar-refractivity contribution in [3.05, 3.63) is 29.8 Å². The van der Waals surface area contributed by atoms with Crippen LogP contribution in [0, 0.1) is 0 Å². The molecule has 0 fully saturated rings. The summed E-state index contributed by atoms with van der Waals surface area (Å²) >= 11 is 0. The molecule has 1 aromatic rings. The van der Waals surface area contributed by atoms with Gasteiger partial charge in [0.1, 0.15) is 13.2 Å². The van der Waals surface area contributed by atoms with E-state index in [2.05, 4.69) is 0 Å². The van der Waals surface area contributed by atoms with E-state index in [9.17, 15) is 23.1 Å². The van der Waals surface area contributed by atoms with Gasteiger partial charge in [-0.2, -0.15) is 13.2 Å². The van der Waals surface area contributed by atoms with Crippen LogP contribution in [-0.2, 0) is 4.79 Å². The van der Waals surface area contributed by atoms with Gasteiger partial charge in [-0.15, -0.1) is 0 Å². The summed E-state index contributed by atoms with van der Waals surface area (Å²) in [5.74, 6) is -0.0509. The molecule has 1 unspecified atom stereocenters. The molecule has 25 heavy (non-hydrogen) atoms. The van der Waals surface area contributed by atoms with E-state index >= 15 is 0 Å². The molecule has 0 aromatic heterocycles. The van der Waals surface area contributed by atoms with E-state index in [4.69, 9.17) is 9.47 Å². The number of fused-ring (bicyclic) bond motifs is 1. The Morgan fingerprint density at radius 1 is 1.20 bits per heavy atom. The third-order valence-electron chi connectivity index (χ3n) is 4.38. The van der Waals surface area contributed by atoms with Crippen LogP contribution in [0.2, 0.25) is 0 Å². The van der Waals surface area contributed by atoms with E-state index in [0.29, 0.717) is 38.1 Å². The Morgan fingerprint density at radius 2 is 1.88 bits per heavy atom. The lowest BCUT2D eigenvalue weighted by Gasteiger charge is -2.34. The number of hydrogen-bond acceptors (Lipinski definition) is 4. The Bertz CT molecular complexity index is 712. The summed E-state index contributed by atoms with van der Waals surface area (Å²) in [5, 5.41) is 9.52. The zero-order valence-electron chi connectivity index (χ0n) is 13.6. The molecule has 0 bridgehead atoms. The normalized spacial score (nSPS) is 19.9. The van der Waals surface area contributed by atoms with Gasteiger partial charge in [0.25, 0.3) is 5.91 Å². The summed E-state index contributed by atoms with van der Waals surface area (Å²) in [7, 11) is 0. The SMILES string of the molecule is CC(O)(C(=O)N1CC=C(c2ccc3c(c2)OCCO3)CC1)C(F)(F)F. The van der Waals surface area contributed by atoms with Crippen LogP contribution in [0.15, 0.2) is 24.3 Å². The molecule has 3 rings (SSSR count). The summed E-state index contributed by atoms with van der Waals surface area (Å²) in [6.45, 7) is 1.55. The van der Waals surface area contributed by atoms with Crippen molar-refractivity contribution in [2.45, 2.75) is 25.1 Å². The third-order valence-corrected chi connectivity index (χ3v) is 4.38. The lowest BCUT2D eigenvalue weighted by atomic mass is 9.97. The average Bonchev–Trinajstić information content (AvgIpc) is 2.60. The Labute approximate surface area is 142 Å². The number of ether oxygens (including phenoxy) is 2. The van der Waals surface area contributed by atoms with Gasteiger partial charge in [0.15, 0.2) is 11.5 Å². The van der Waals surface area contributed by atoms with Crippen LogP contribution in [0.4, 0.5) is 13.2 Å². The molecule has 5 nitrogen and oxygen atoms in total. The van der Waals surface area contributed by atoms with E-state index in [0.717, 1.165) is 16.0 Å². The lowest BCUT2D eigenvalue weighted by molar-refractivity contribution is -0.250. The lowest BCUT2D eigenvalue weighted by Crippen LogP contribution is -2.56. The van der Waals surface area contributed by atoms with E-state index in [1.807, 2.05) is 12.1 Å². The predicted molar refractivity (Wildman–Crippen MR) is 83.3 cm³/mol. The highest BCUT2D eigenvalue weighted by Crippen LogP contribution is 2.36. The molecule has 2 aliphatic heterocycles. The number of nitrogens with zero attached hydrogens (tertiary/aromatic N) is 1. The molecule has 0 aliphatic carbocycles. The molecule has 0 radical (unpaired) electrons. The molecule has 1 aromatic carbocycles. The Hall–Kier alpha value is -2.22. The highest BCUT2D eigenvalue weighted by atomic mass is 19.4. The van der Waals surface area contributed by atoms with E-state index < -0.39 is 17.7 Å². The largest absolute Gasteiger partial charge is 0.486 e. The van der Waals surface area contributed by atoms with E-state index in [1.54, 1.807) is 12.1 Å². The number of alkyl halides is 3. The zero-order chi connectivity index (χ0) is 18.2. The Morgan fingerprint density at radius 3 is 2.48 bits per heavy atom. The van der Waals surface area contributed by atoms with Crippen LogP contribution in [0.1, 0.15) is 18.9 Å². The topological polar surface area (TPSA) is 59.0 Å². The van der Waals surface area contributed by atoms with Gasteiger partial charge in [0, 0.05) is 13.1 Å². The Balaban J connectivity index is 1.74. The first-order valence-corrected chi connectivity index (χ1v) is 7.87. The number of benzene rings is 1. The summed E-state index contributed by atoms with van der Waals surface area (Å²) in [4.78, 5) is 13.0. The fourth-order valence-electron chi connectivity index (χ4n) is 2.79. The number of carbonyl (C=O) groups is 1. The predicted octanol–water partition coefficient (Wildman–Crippen LogP) is 2.39. The van der Waals surface area contributed by atoms with Gasteiger partial charge in [-0.25, -0.2) is 0 Å². The maximum Gasteiger partial charge on any atom is 0.426 e. The first kappa shape index (κ1) is 17.6. The second-order valence-electron chi connectivity index (χ2n) is 6.16. The van der Waals surface area contributed by atoms with Crippen LogP contribution >= 0.6 is 0 Å². The van der Waals surface area contributed by atoms with Crippen LogP contribution in [0.25, 0.3) is 5.57 Å². The van der Waals surface area contributed by atoms with Gasteiger partial charge in [-0.05, 0) is 36.6 Å². The fraction of sp³-hybridized carbons (Fsp3) is 0.471. The van der Waals surface area contributed by atoms with E-state index in [-0.39, 0.29) is 13.1 Å². The van der Waals surface area contributed by atoms with Gasteiger partial charge < -0.3 is 19.5 Å². The third kappa shape index (κ3) is 3.30. The molecule has 1 amide bonds. The highest BCUT2D eigenvalue weighted by molar-refractivity contribution is 5.86. The van der Waals surface area contributed by atoms with Gasteiger partial charge in [-0.3, -0.25) is 4.79 Å². The smallest absolute Gasteiger partial charge is 0.426 e. The highest BCUT2D eigenvalue weighted by Gasteiger charge is 2.57. The van der Waals surface area contributed by atoms with Crippen molar-refractivity contribution in [1.29, 1.82) is 0 Å². The maximum absolute atomic E-state index is 12.8. The minimum atomic E-state index is -5.01. The van der Waals surface area contributed by atoms with Crippen molar-refractivity contribution in [1.82, 2.24) is 4.90 Å². The van der Waals surface area contributed by atoms with Gasteiger partial charge in [0.2, 0.25) is 5.60 Å². The monoisotopic (exact) mass is 357 g/mol. The van der Waals surface area contributed by atoms with E-state index in [1.165, 1.54) is 0 Å². The first-order valence-electron chi connectivity index (χ1n) is 7.87. The molecule has 2 aliphatic rings. The van der Waals surface area contributed by atoms with Crippen LogP contribution in [-0.4, -0.2) is 54.0 Å². The van der Waals surface area contributed by atoms with Gasteiger partial charge in [-0.1, -0.05) is 12.1 Å². The first-order chi connectivity index (χ1) is 11.7. The molecule has 1 N–H and O–H groups in total. The van der Waals surface area contributed by atoms with Crippen LogP contribution < -0.4 is 9.47 Å². The number of carbonyl (C=O) groups excluding carboxylic acids is 1. The molecular weight excluding hydrogens is 339 g/mol. The minimum absolute atomic E-state index is 0.00877. The molecule has 0 saturated carbocycles. The van der Waals surface area contributed by atoms with Gasteiger partial charge in [0.05, 0.1) is 0 Å². The Kier molecular flexibility index (Phi) is 4.40. The summed E-state index contributed by atoms with van der Waals surface area (Å²) < 4.78 is 49.4. The van der Waals surface area contributed by atoms with Crippen molar-refractivity contribution in [2.75, 3.05) is 26.3 Å². The molecule has 8 heteroatoms. The fourth-order valence-corrected chi connectivity index (χ4v) is 2.79. The van der Waals surface area contributed by atoms with Crippen molar-refractivity contribution in [3.8, 4) is 11.5 Å². The molecule has 136 valence electrons. The average molecular weight is 357 g/mol. The standard InChI is InChI=1S/C17H18F3NO4/c1-16(23,17(18,19)20)15(22)21-6-4-11(5-7-21)12-2-3-13-14(10-12)25-9-8-24-13/h2-4,10,23H,5-9H2,1H3. The summed E-state index contributed by atoms with van der Waals surface area (Å²) in [5.41, 5.74) is -1.60. The number of hydrogen-bond donors (Lipinski definition) is 1. The molecule has 0 spiro atoms. The van der Waals surface area contributed by atoms with Crippen molar-refractivity contribution < 1.29 is 32.5 Å². The number of rotatable bonds is 2. The molecule has 1 atom stereocenters. The maximum atomic E-state index is 12.8. The van der Waals surface area contributed by atoms with Crippen molar-refractivity contribution >= 4 is 11.5 Å². The summed E-state index contributed by atoms with van der Waals surface area (Å²) in [6.07, 6.45) is -2.93. The van der Waals surface area contributed by atoms with Crippen molar-refractivity contribution in [3.63, 3.8) is 0 Å². The zero-order valence-corrected chi connectivity index (χ0v) is 13.6. The number of halogens is 3. The van der Waals surface area contributed by atoms with Gasteiger partial charge >= 0.3 is 6.18 Å². The number of aliphatic hydroxyl groups is 1. The molecule has 0 saturated heterocycles. The summed E-state index contributed by atoms with van der Waals surface area (Å²) in [6, 6.07) is 5.46. The molecular formula is C17H18F3NO4. The van der Waals surface area contributed by atoms with Crippen molar-refractivity contribution in [2.24, 2.45) is 0 Å². The quantitative estimate of drug-likeness (QED) is 0.883. The minimum Gasteiger partial charge on any atom is -0.486 e. The van der Waals surface area contributed by atoms with Crippen LogP contribution in [0.3, 0.4) is 0 Å². The second-order valence-corrected chi connectivity index (χ2v) is 6.16.